The van der Waals surface area contributed by atoms with Gasteiger partial charge in [0.25, 0.3) is 5.91 Å². The van der Waals surface area contributed by atoms with Crippen molar-refractivity contribution in [2.75, 3.05) is 13.2 Å². The summed E-state index contributed by atoms with van der Waals surface area (Å²) in [5, 5.41) is 15.8. The average molecular weight is 319 g/mol. The minimum Gasteiger partial charge on any atom is -0.396 e. The number of carbonyl (C=O) groups excluding carboxylic acids is 1. The molecule has 0 aliphatic carbocycles. The van der Waals surface area contributed by atoms with Gasteiger partial charge in [0.2, 0.25) is 0 Å². The molecular weight excluding hydrogens is 297 g/mol. The highest BCUT2D eigenvalue weighted by molar-refractivity contribution is 5.94. The number of hydrogen-bond donors (Lipinski definition) is 2. The fourth-order valence-corrected chi connectivity index (χ4v) is 2.38. The van der Waals surface area contributed by atoms with Gasteiger partial charge in [-0.1, -0.05) is 6.92 Å². The predicted octanol–water partition coefficient (Wildman–Crippen LogP) is 2.38. The van der Waals surface area contributed by atoms with Gasteiger partial charge < -0.3 is 10.4 Å². The molecule has 1 amide bonds. The van der Waals surface area contributed by atoms with Gasteiger partial charge in [0.15, 0.2) is 0 Å². The fourth-order valence-electron chi connectivity index (χ4n) is 2.38. The Morgan fingerprint density at radius 1 is 1.39 bits per heavy atom. The molecule has 1 heterocycles. The Kier molecular flexibility index (Phi) is 5.50. The van der Waals surface area contributed by atoms with Gasteiger partial charge in [-0.15, -0.1) is 0 Å². The zero-order valence-electron chi connectivity index (χ0n) is 13.6. The summed E-state index contributed by atoms with van der Waals surface area (Å²) >= 11 is 0. The summed E-state index contributed by atoms with van der Waals surface area (Å²) in [7, 11) is 0. The molecule has 0 aliphatic rings. The lowest BCUT2D eigenvalue weighted by Crippen LogP contribution is -2.28. The lowest BCUT2D eigenvalue weighted by molar-refractivity contribution is 0.0945. The van der Waals surface area contributed by atoms with Gasteiger partial charge in [-0.05, 0) is 50.5 Å². The second-order valence-electron chi connectivity index (χ2n) is 5.83. The third-order valence-electron chi connectivity index (χ3n) is 3.68. The molecular formula is C17H22FN3O2. The van der Waals surface area contributed by atoms with E-state index in [9.17, 15) is 9.18 Å². The molecule has 1 aromatic heterocycles. The number of nitrogens with zero attached hydrogens (tertiary/aromatic N) is 2. The SMILES string of the molecule is Cc1cc(C)n(-c2ccc(C(=O)NCC(C)CCO)cc2F)n1. The van der Waals surface area contributed by atoms with E-state index in [0.717, 1.165) is 11.4 Å². The summed E-state index contributed by atoms with van der Waals surface area (Å²) in [6.45, 7) is 6.16. The first-order valence-corrected chi connectivity index (χ1v) is 7.64. The molecule has 0 fully saturated rings. The summed E-state index contributed by atoms with van der Waals surface area (Å²) < 4.78 is 15.9. The van der Waals surface area contributed by atoms with E-state index < -0.39 is 5.82 Å². The highest BCUT2D eigenvalue weighted by atomic mass is 19.1. The summed E-state index contributed by atoms with van der Waals surface area (Å²) in [6.07, 6.45) is 0.617. The normalized spacial score (nSPS) is 12.2. The molecule has 6 heteroatoms. The Bertz CT molecular complexity index is 697. The van der Waals surface area contributed by atoms with Gasteiger partial charge in [-0.25, -0.2) is 9.07 Å². The van der Waals surface area contributed by atoms with E-state index in [4.69, 9.17) is 5.11 Å². The lowest BCUT2D eigenvalue weighted by atomic mass is 10.1. The van der Waals surface area contributed by atoms with Gasteiger partial charge in [-0.2, -0.15) is 5.10 Å². The molecule has 0 radical (unpaired) electrons. The van der Waals surface area contributed by atoms with E-state index >= 15 is 0 Å². The molecule has 23 heavy (non-hydrogen) atoms. The molecule has 2 aromatic rings. The van der Waals surface area contributed by atoms with Crippen LogP contribution in [0.15, 0.2) is 24.3 Å². The predicted molar refractivity (Wildman–Crippen MR) is 86.2 cm³/mol. The third kappa shape index (κ3) is 4.16. The van der Waals surface area contributed by atoms with Crippen molar-refractivity contribution in [1.29, 1.82) is 0 Å². The minimum absolute atomic E-state index is 0.0863. The molecule has 1 unspecified atom stereocenters. The second-order valence-corrected chi connectivity index (χ2v) is 5.83. The Labute approximate surface area is 135 Å². The standard InChI is InChI=1S/C17H22FN3O2/c1-11(6-7-22)10-19-17(23)14-4-5-16(15(18)9-14)21-13(3)8-12(2)20-21/h4-5,8-9,11,22H,6-7,10H2,1-3H3,(H,19,23). The lowest BCUT2D eigenvalue weighted by Gasteiger charge is -2.12. The van der Waals surface area contributed by atoms with E-state index in [1.54, 1.807) is 12.1 Å². The second kappa shape index (κ2) is 7.37. The number of aryl methyl sites for hydroxylation is 2. The van der Waals surface area contributed by atoms with Crippen LogP contribution in [0.5, 0.6) is 0 Å². The van der Waals surface area contributed by atoms with Crippen LogP contribution >= 0.6 is 0 Å². The number of nitrogens with one attached hydrogen (secondary N) is 1. The topological polar surface area (TPSA) is 67.2 Å². The van der Waals surface area contributed by atoms with Crippen molar-refractivity contribution in [3.05, 3.63) is 47.0 Å². The third-order valence-corrected chi connectivity index (χ3v) is 3.68. The monoisotopic (exact) mass is 319 g/mol. The number of amides is 1. The molecule has 1 atom stereocenters. The summed E-state index contributed by atoms with van der Waals surface area (Å²) in [6, 6.07) is 6.22. The molecule has 124 valence electrons. The van der Waals surface area contributed by atoms with Crippen molar-refractivity contribution in [2.24, 2.45) is 5.92 Å². The number of aliphatic hydroxyl groups is 1. The first-order chi connectivity index (χ1) is 10.9. The van der Waals surface area contributed by atoms with Gasteiger partial charge in [0.05, 0.1) is 5.69 Å². The highest BCUT2D eigenvalue weighted by Crippen LogP contribution is 2.17. The zero-order valence-corrected chi connectivity index (χ0v) is 13.6. The molecule has 2 rings (SSSR count). The average Bonchev–Trinajstić information content (AvgIpc) is 2.83. The van der Waals surface area contributed by atoms with Crippen molar-refractivity contribution in [3.63, 3.8) is 0 Å². The van der Waals surface area contributed by atoms with Gasteiger partial charge in [0.1, 0.15) is 11.5 Å². The van der Waals surface area contributed by atoms with E-state index in [0.29, 0.717) is 18.7 Å². The van der Waals surface area contributed by atoms with Crippen LogP contribution in [0.2, 0.25) is 0 Å². The Morgan fingerprint density at radius 2 is 2.13 bits per heavy atom. The molecule has 0 spiro atoms. The molecule has 0 saturated heterocycles. The van der Waals surface area contributed by atoms with Crippen molar-refractivity contribution in [1.82, 2.24) is 15.1 Å². The maximum Gasteiger partial charge on any atom is 0.251 e. The van der Waals surface area contributed by atoms with Crippen LogP contribution in [-0.2, 0) is 0 Å². The number of carbonyl (C=O) groups is 1. The van der Waals surface area contributed by atoms with Crippen molar-refractivity contribution in [2.45, 2.75) is 27.2 Å². The van der Waals surface area contributed by atoms with Crippen LogP contribution in [0.1, 0.15) is 35.1 Å². The van der Waals surface area contributed by atoms with Crippen molar-refractivity contribution in [3.8, 4) is 5.69 Å². The van der Waals surface area contributed by atoms with Crippen LogP contribution in [0.4, 0.5) is 4.39 Å². The molecule has 0 aliphatic heterocycles. The Morgan fingerprint density at radius 3 is 2.70 bits per heavy atom. The maximum atomic E-state index is 14.3. The van der Waals surface area contributed by atoms with Crippen LogP contribution in [0, 0.1) is 25.6 Å². The smallest absolute Gasteiger partial charge is 0.251 e. The van der Waals surface area contributed by atoms with Crippen molar-refractivity contribution >= 4 is 5.91 Å². The number of aromatic nitrogens is 2. The molecule has 2 N–H and O–H groups in total. The van der Waals surface area contributed by atoms with E-state index in [2.05, 4.69) is 10.4 Å². The molecule has 0 bridgehead atoms. The number of rotatable bonds is 6. The fraction of sp³-hybridized carbons (Fsp3) is 0.412. The first-order valence-electron chi connectivity index (χ1n) is 7.64. The van der Waals surface area contributed by atoms with E-state index in [1.807, 2.05) is 26.8 Å². The van der Waals surface area contributed by atoms with Crippen LogP contribution in [0.3, 0.4) is 0 Å². The summed E-state index contributed by atoms with van der Waals surface area (Å²) in [5.74, 6) is -0.649. The first kappa shape index (κ1) is 17.1. The largest absolute Gasteiger partial charge is 0.396 e. The van der Waals surface area contributed by atoms with Crippen LogP contribution < -0.4 is 5.32 Å². The minimum atomic E-state index is -0.493. The Hall–Kier alpha value is -2.21. The zero-order chi connectivity index (χ0) is 17.0. The van der Waals surface area contributed by atoms with Gasteiger partial charge in [-0.3, -0.25) is 4.79 Å². The number of aliphatic hydroxyl groups excluding tert-OH is 1. The molecule has 0 saturated carbocycles. The maximum absolute atomic E-state index is 14.3. The Balaban J connectivity index is 2.13. The summed E-state index contributed by atoms with van der Waals surface area (Å²) in [4.78, 5) is 12.1. The van der Waals surface area contributed by atoms with Crippen LogP contribution in [0.25, 0.3) is 5.69 Å². The highest BCUT2D eigenvalue weighted by Gasteiger charge is 2.13. The number of hydrogen-bond acceptors (Lipinski definition) is 3. The van der Waals surface area contributed by atoms with E-state index in [-0.39, 0.29) is 24.0 Å². The van der Waals surface area contributed by atoms with Crippen LogP contribution in [-0.4, -0.2) is 33.9 Å². The molecule has 5 nitrogen and oxygen atoms in total. The van der Waals surface area contributed by atoms with Crippen molar-refractivity contribution < 1.29 is 14.3 Å². The molecule has 1 aromatic carbocycles. The number of halogens is 1. The van der Waals surface area contributed by atoms with Gasteiger partial charge >= 0.3 is 0 Å². The van der Waals surface area contributed by atoms with Gasteiger partial charge in [0, 0.05) is 24.4 Å². The quantitative estimate of drug-likeness (QED) is 0.859. The number of benzene rings is 1. The van der Waals surface area contributed by atoms with E-state index in [1.165, 1.54) is 10.7 Å². The summed E-state index contributed by atoms with van der Waals surface area (Å²) in [5.41, 5.74) is 2.22.